The molecule has 0 spiro atoms. The van der Waals surface area contributed by atoms with Crippen LogP contribution in [0.2, 0.25) is 0 Å². The first kappa shape index (κ1) is 30.7. The number of esters is 2. The predicted octanol–water partition coefficient (Wildman–Crippen LogP) is 4.94. The van der Waals surface area contributed by atoms with Crippen LogP contribution in [-0.4, -0.2) is 61.1 Å². The monoisotopic (exact) mass is 565 g/mol. The van der Waals surface area contributed by atoms with Crippen molar-refractivity contribution in [2.24, 2.45) is 11.1 Å². The maximum atomic E-state index is 11.7. The fourth-order valence-electron chi connectivity index (χ4n) is 5.52. The molecule has 1 aliphatic carbocycles. The lowest BCUT2D eigenvalue weighted by Crippen LogP contribution is -2.36. The number of pyridine rings is 1. The molecule has 2 N–H and O–H groups in total. The first-order chi connectivity index (χ1) is 19.5. The van der Waals surface area contributed by atoms with Crippen LogP contribution in [0.25, 0.3) is 22.2 Å². The molecular weight excluding hydrogens is 522 g/mol. The Hall–Kier alpha value is -3.27. The van der Waals surface area contributed by atoms with Gasteiger partial charge in [-0.05, 0) is 62.1 Å². The Balaban J connectivity index is 1.79. The van der Waals surface area contributed by atoms with E-state index < -0.39 is 12.0 Å². The quantitative estimate of drug-likeness (QED) is 0.290. The van der Waals surface area contributed by atoms with Crippen molar-refractivity contribution in [2.45, 2.75) is 78.2 Å². The topological polar surface area (TPSA) is 115 Å². The van der Waals surface area contributed by atoms with Crippen LogP contribution in [0.15, 0.2) is 36.5 Å². The third-order valence-electron chi connectivity index (χ3n) is 7.82. The minimum absolute atomic E-state index is 0.00669. The molecule has 9 nitrogen and oxygen atoms in total. The molecule has 2 heterocycles. The molecule has 2 aromatic heterocycles. The van der Waals surface area contributed by atoms with Gasteiger partial charge in [0.1, 0.15) is 6.04 Å². The van der Waals surface area contributed by atoms with Crippen molar-refractivity contribution in [2.75, 3.05) is 27.4 Å². The van der Waals surface area contributed by atoms with E-state index in [-0.39, 0.29) is 36.1 Å². The van der Waals surface area contributed by atoms with Gasteiger partial charge in [-0.2, -0.15) is 0 Å². The number of aromatic nitrogens is 2. The fourth-order valence-corrected chi connectivity index (χ4v) is 5.52. The number of nitrogens with two attached hydrogens (primary N) is 1. The smallest absolute Gasteiger partial charge is 0.325 e. The van der Waals surface area contributed by atoms with Crippen LogP contribution in [-0.2, 0) is 41.5 Å². The number of rotatable bonds is 13. The fraction of sp³-hybridized carbons (Fsp3) is 0.531. The molecule has 4 atom stereocenters. The van der Waals surface area contributed by atoms with Crippen LogP contribution in [0.5, 0.6) is 0 Å². The van der Waals surface area contributed by atoms with Gasteiger partial charge < -0.3 is 29.2 Å². The summed E-state index contributed by atoms with van der Waals surface area (Å²) >= 11 is 0. The Morgan fingerprint density at radius 3 is 2.63 bits per heavy atom. The highest BCUT2D eigenvalue weighted by Crippen LogP contribution is 2.46. The number of hydrogen-bond donors (Lipinski definition) is 1. The molecule has 4 rings (SSSR count). The molecule has 0 bridgehead atoms. The first-order valence-corrected chi connectivity index (χ1v) is 14.2. The zero-order valence-corrected chi connectivity index (χ0v) is 25.2. The summed E-state index contributed by atoms with van der Waals surface area (Å²) in [4.78, 5) is 28.1. The summed E-state index contributed by atoms with van der Waals surface area (Å²) in [6.45, 7) is 11.0. The van der Waals surface area contributed by atoms with Gasteiger partial charge in [0.05, 0.1) is 43.9 Å². The second kappa shape index (κ2) is 12.7. The third-order valence-corrected chi connectivity index (χ3v) is 7.82. The van der Waals surface area contributed by atoms with Gasteiger partial charge in [-0.3, -0.25) is 14.6 Å². The van der Waals surface area contributed by atoms with Gasteiger partial charge in [0.2, 0.25) is 0 Å². The number of fused-ring (bicyclic) bond motifs is 1. The van der Waals surface area contributed by atoms with Crippen molar-refractivity contribution in [1.29, 1.82) is 0 Å². The Kier molecular flexibility index (Phi) is 9.51. The van der Waals surface area contributed by atoms with E-state index in [9.17, 15) is 9.59 Å². The summed E-state index contributed by atoms with van der Waals surface area (Å²) in [5.74, 6) is -0.538. The summed E-state index contributed by atoms with van der Waals surface area (Å²) in [6.07, 6.45) is 3.18. The van der Waals surface area contributed by atoms with Gasteiger partial charge in [-0.25, -0.2) is 0 Å². The molecule has 0 unspecified atom stereocenters. The van der Waals surface area contributed by atoms with Crippen molar-refractivity contribution in [1.82, 2.24) is 9.55 Å². The van der Waals surface area contributed by atoms with Crippen LogP contribution in [0.1, 0.15) is 69.9 Å². The molecule has 0 saturated heterocycles. The van der Waals surface area contributed by atoms with Gasteiger partial charge >= 0.3 is 11.9 Å². The molecule has 9 heteroatoms. The van der Waals surface area contributed by atoms with Crippen molar-refractivity contribution in [3.8, 4) is 11.3 Å². The van der Waals surface area contributed by atoms with E-state index in [2.05, 4.69) is 49.6 Å². The number of benzene rings is 1. The van der Waals surface area contributed by atoms with E-state index in [1.165, 1.54) is 25.2 Å². The summed E-state index contributed by atoms with van der Waals surface area (Å²) in [5, 5.41) is 1.16. The Labute approximate surface area is 242 Å². The van der Waals surface area contributed by atoms with Gasteiger partial charge in [0.25, 0.3) is 0 Å². The van der Waals surface area contributed by atoms with Crippen LogP contribution < -0.4 is 5.73 Å². The van der Waals surface area contributed by atoms with Crippen molar-refractivity contribution in [3.63, 3.8) is 0 Å². The number of carbonyl (C=O) groups excluding carboxylic acids is 2. The number of methoxy groups -OCH3 is 2. The number of aryl methyl sites for hydroxylation is 1. The van der Waals surface area contributed by atoms with Crippen LogP contribution >= 0.6 is 0 Å². The lowest BCUT2D eigenvalue weighted by molar-refractivity contribution is -0.144. The molecule has 1 saturated carbocycles. The molecule has 1 fully saturated rings. The Bertz CT molecular complexity index is 1400. The lowest BCUT2D eigenvalue weighted by atomic mass is 9.84. The van der Waals surface area contributed by atoms with E-state index in [1.54, 1.807) is 13.3 Å². The molecule has 1 aromatic carbocycles. The molecule has 1 aliphatic rings. The highest BCUT2D eigenvalue weighted by atomic mass is 16.5. The molecule has 0 amide bonds. The zero-order chi connectivity index (χ0) is 29.9. The van der Waals surface area contributed by atoms with Crippen molar-refractivity contribution in [3.05, 3.63) is 53.3 Å². The summed E-state index contributed by atoms with van der Waals surface area (Å²) in [7, 11) is 3.02. The first-order valence-electron chi connectivity index (χ1n) is 14.2. The highest BCUT2D eigenvalue weighted by Gasteiger charge is 2.40. The number of hydrogen-bond acceptors (Lipinski definition) is 8. The van der Waals surface area contributed by atoms with E-state index in [1.807, 2.05) is 13.0 Å². The Morgan fingerprint density at radius 2 is 1.98 bits per heavy atom. The molecule has 0 aliphatic heterocycles. The maximum absolute atomic E-state index is 11.7. The normalized spacial score (nSPS) is 18.2. The third kappa shape index (κ3) is 6.80. The minimum atomic E-state index is -0.793. The molecule has 3 aromatic rings. The largest absolute Gasteiger partial charge is 0.468 e. The highest BCUT2D eigenvalue weighted by molar-refractivity contribution is 5.93. The SMILES string of the molecule is CCn1c(-c2cccnc2[C@H](C)OC)c(CC(C)(C)COC(C)=O)c2cc([C@@H]3C[C@H]3OC[C@H](N)C(=O)OC)ccc21. The van der Waals surface area contributed by atoms with Crippen LogP contribution in [0, 0.1) is 5.41 Å². The van der Waals surface area contributed by atoms with E-state index in [0.29, 0.717) is 13.0 Å². The van der Waals surface area contributed by atoms with E-state index in [4.69, 9.17) is 29.7 Å². The Morgan fingerprint density at radius 1 is 1.22 bits per heavy atom. The average molecular weight is 566 g/mol. The second-order valence-corrected chi connectivity index (χ2v) is 11.6. The van der Waals surface area contributed by atoms with Crippen LogP contribution in [0.4, 0.5) is 0 Å². The number of nitrogens with zero attached hydrogens (tertiary/aromatic N) is 2. The summed E-state index contributed by atoms with van der Waals surface area (Å²) < 4.78 is 24.2. The zero-order valence-electron chi connectivity index (χ0n) is 25.2. The molecule has 222 valence electrons. The summed E-state index contributed by atoms with van der Waals surface area (Å²) in [6, 6.07) is 9.90. The standard InChI is InChI=1S/C32H43N3O6/c1-8-35-27-12-11-21(23-15-28(23)40-17-26(33)31(37)39-7)14-24(27)25(16-32(4,5)18-41-20(3)36)30(35)22-10-9-13-34-29(22)19(2)38-6/h9-14,19,23,26,28H,8,15-18,33H2,1-7H3/t19-,23-,26-,28+/m0/s1. The minimum Gasteiger partial charge on any atom is -0.468 e. The van der Waals surface area contributed by atoms with E-state index >= 15 is 0 Å². The van der Waals surface area contributed by atoms with Gasteiger partial charge in [0.15, 0.2) is 0 Å². The van der Waals surface area contributed by atoms with Crippen molar-refractivity contribution >= 4 is 22.8 Å². The van der Waals surface area contributed by atoms with Crippen LogP contribution in [0.3, 0.4) is 0 Å². The van der Waals surface area contributed by atoms with Gasteiger partial charge in [0, 0.05) is 54.6 Å². The van der Waals surface area contributed by atoms with Gasteiger partial charge in [-0.15, -0.1) is 0 Å². The number of ether oxygens (including phenoxy) is 4. The predicted molar refractivity (Wildman–Crippen MR) is 157 cm³/mol. The molecule has 0 radical (unpaired) electrons. The average Bonchev–Trinajstić information content (AvgIpc) is 3.69. The number of carbonyl (C=O) groups is 2. The van der Waals surface area contributed by atoms with Gasteiger partial charge in [-0.1, -0.05) is 19.9 Å². The molecular formula is C32H43N3O6. The van der Waals surface area contributed by atoms with Crippen molar-refractivity contribution < 1.29 is 28.5 Å². The lowest BCUT2D eigenvalue weighted by Gasteiger charge is -2.25. The second-order valence-electron chi connectivity index (χ2n) is 11.6. The summed E-state index contributed by atoms with van der Waals surface area (Å²) in [5.41, 5.74) is 12.1. The van der Waals surface area contributed by atoms with E-state index in [0.717, 1.165) is 40.8 Å². The molecule has 41 heavy (non-hydrogen) atoms. The maximum Gasteiger partial charge on any atom is 0.325 e.